The Kier molecular flexibility index (Phi) is 5.28. The second kappa shape index (κ2) is 7.42. The number of ether oxygens (including phenoxy) is 1. The Morgan fingerprint density at radius 2 is 2.04 bits per heavy atom. The molecule has 0 amide bonds. The van der Waals surface area contributed by atoms with E-state index in [1.54, 1.807) is 6.26 Å². The van der Waals surface area contributed by atoms with E-state index in [1.807, 2.05) is 6.08 Å². The minimum Gasteiger partial charge on any atom is -0.497 e. The van der Waals surface area contributed by atoms with E-state index in [-0.39, 0.29) is 6.10 Å². The molecular weight excluding hydrogens is 319 g/mol. The molecule has 3 heterocycles. The van der Waals surface area contributed by atoms with Crippen LogP contribution in [0.3, 0.4) is 0 Å². The van der Waals surface area contributed by atoms with Crippen molar-refractivity contribution in [1.82, 2.24) is 9.88 Å². The molecule has 0 bridgehead atoms. The normalized spacial score (nSPS) is 23.0. The molecule has 3 rings (SSSR count). The van der Waals surface area contributed by atoms with Crippen molar-refractivity contribution in [2.75, 3.05) is 37.6 Å². The lowest BCUT2D eigenvalue weighted by Crippen LogP contribution is -2.37. The summed E-state index contributed by atoms with van der Waals surface area (Å²) in [6.45, 7) is 4.31. The topological polar surface area (TPSA) is 28.6 Å². The van der Waals surface area contributed by atoms with E-state index in [0.717, 1.165) is 64.2 Å². The summed E-state index contributed by atoms with van der Waals surface area (Å²) >= 11 is 0. The maximum atomic E-state index is 12.6. The molecule has 0 aromatic carbocycles. The van der Waals surface area contributed by atoms with Crippen LogP contribution in [0.1, 0.15) is 24.8 Å². The fraction of sp³-hybridized carbons (Fsp3) is 0.588. The van der Waals surface area contributed by atoms with Gasteiger partial charge in [0, 0.05) is 38.9 Å². The van der Waals surface area contributed by atoms with Crippen molar-refractivity contribution in [3.05, 3.63) is 36.2 Å². The predicted octanol–water partition coefficient (Wildman–Crippen LogP) is 3.31. The summed E-state index contributed by atoms with van der Waals surface area (Å²) in [5, 5.41) is 0. The Bertz CT molecular complexity index is 559. The van der Waals surface area contributed by atoms with Gasteiger partial charge in [-0.3, -0.25) is 4.90 Å². The van der Waals surface area contributed by atoms with Crippen molar-refractivity contribution in [2.45, 2.75) is 31.5 Å². The maximum absolute atomic E-state index is 12.6. The van der Waals surface area contributed by atoms with Crippen LogP contribution in [0.15, 0.2) is 30.7 Å². The van der Waals surface area contributed by atoms with Gasteiger partial charge in [0.15, 0.2) is 0 Å². The summed E-state index contributed by atoms with van der Waals surface area (Å²) in [5.41, 5.74) is -0.704. The first-order valence-corrected chi connectivity index (χ1v) is 8.33. The van der Waals surface area contributed by atoms with Gasteiger partial charge >= 0.3 is 6.18 Å². The van der Waals surface area contributed by atoms with Gasteiger partial charge in [-0.15, -0.1) is 0 Å². The van der Waals surface area contributed by atoms with Gasteiger partial charge in [0.1, 0.15) is 11.9 Å². The molecule has 24 heavy (non-hydrogen) atoms. The summed E-state index contributed by atoms with van der Waals surface area (Å²) in [7, 11) is 0. The first-order chi connectivity index (χ1) is 11.5. The first kappa shape index (κ1) is 17.1. The van der Waals surface area contributed by atoms with Crippen molar-refractivity contribution < 1.29 is 17.9 Å². The number of rotatable bonds is 3. The van der Waals surface area contributed by atoms with Crippen molar-refractivity contribution in [3.8, 4) is 0 Å². The van der Waals surface area contributed by atoms with Gasteiger partial charge in [-0.1, -0.05) is 0 Å². The highest BCUT2D eigenvalue weighted by atomic mass is 19.4. The molecule has 7 heteroatoms. The van der Waals surface area contributed by atoms with E-state index in [1.165, 1.54) is 6.07 Å². The number of allylic oxidation sites excluding steroid dienone is 1. The maximum Gasteiger partial charge on any atom is 0.417 e. The zero-order chi connectivity index (χ0) is 17.0. The Labute approximate surface area is 139 Å². The quantitative estimate of drug-likeness (QED) is 0.843. The highest BCUT2D eigenvalue weighted by Gasteiger charge is 2.31. The van der Waals surface area contributed by atoms with E-state index in [0.29, 0.717) is 5.82 Å². The van der Waals surface area contributed by atoms with Gasteiger partial charge in [-0.05, 0) is 37.5 Å². The van der Waals surface area contributed by atoms with Crippen LogP contribution in [-0.2, 0) is 10.9 Å². The number of hydrogen-bond donors (Lipinski definition) is 0. The van der Waals surface area contributed by atoms with Crippen LogP contribution in [0, 0.1) is 0 Å². The average molecular weight is 341 g/mol. The third-order valence-electron chi connectivity index (χ3n) is 4.47. The van der Waals surface area contributed by atoms with Crippen LogP contribution in [0.4, 0.5) is 19.0 Å². The monoisotopic (exact) mass is 341 g/mol. The van der Waals surface area contributed by atoms with Crippen LogP contribution < -0.4 is 4.90 Å². The highest BCUT2D eigenvalue weighted by molar-refractivity contribution is 5.40. The molecule has 2 aliphatic rings. The fourth-order valence-corrected chi connectivity index (χ4v) is 3.13. The number of pyridine rings is 1. The molecule has 132 valence electrons. The van der Waals surface area contributed by atoms with E-state index in [2.05, 4.69) is 14.8 Å². The molecule has 0 aliphatic carbocycles. The van der Waals surface area contributed by atoms with E-state index in [4.69, 9.17) is 4.74 Å². The van der Waals surface area contributed by atoms with Gasteiger partial charge in [0.2, 0.25) is 0 Å². The molecular formula is C17H22F3N3O. The number of halogens is 3. The van der Waals surface area contributed by atoms with E-state index >= 15 is 0 Å². The van der Waals surface area contributed by atoms with Gasteiger partial charge in [0.05, 0.1) is 11.8 Å². The minimum atomic E-state index is -4.34. The van der Waals surface area contributed by atoms with Gasteiger partial charge in [0.25, 0.3) is 0 Å². The Morgan fingerprint density at radius 3 is 2.71 bits per heavy atom. The second-order valence-electron chi connectivity index (χ2n) is 6.25. The number of nitrogens with zero attached hydrogens (tertiary/aromatic N) is 3. The number of anilines is 1. The molecule has 1 aromatic rings. The number of aromatic nitrogens is 1. The molecule has 0 unspecified atom stereocenters. The van der Waals surface area contributed by atoms with Gasteiger partial charge in [-0.2, -0.15) is 13.2 Å². The Balaban J connectivity index is 1.56. The van der Waals surface area contributed by atoms with Crippen LogP contribution in [-0.4, -0.2) is 48.7 Å². The smallest absolute Gasteiger partial charge is 0.417 e. The summed E-state index contributed by atoms with van der Waals surface area (Å²) in [5.74, 6) is 0.613. The summed E-state index contributed by atoms with van der Waals surface area (Å²) in [6, 6.07) is 2.57. The van der Waals surface area contributed by atoms with E-state index in [9.17, 15) is 13.2 Å². The number of hydrogen-bond acceptors (Lipinski definition) is 4. The van der Waals surface area contributed by atoms with Crippen LogP contribution in [0.25, 0.3) is 0 Å². The lowest BCUT2D eigenvalue weighted by atomic mass is 10.1. The van der Waals surface area contributed by atoms with Gasteiger partial charge < -0.3 is 9.64 Å². The van der Waals surface area contributed by atoms with Crippen LogP contribution in [0.2, 0.25) is 0 Å². The van der Waals surface area contributed by atoms with Crippen molar-refractivity contribution in [3.63, 3.8) is 0 Å². The Hall–Kier alpha value is -1.76. The van der Waals surface area contributed by atoms with Crippen molar-refractivity contribution in [2.24, 2.45) is 0 Å². The van der Waals surface area contributed by atoms with Crippen molar-refractivity contribution in [1.29, 1.82) is 0 Å². The molecule has 4 nitrogen and oxygen atoms in total. The summed E-state index contributed by atoms with van der Waals surface area (Å²) < 4.78 is 43.5. The zero-order valence-electron chi connectivity index (χ0n) is 13.5. The van der Waals surface area contributed by atoms with Gasteiger partial charge in [-0.25, -0.2) is 4.98 Å². The Morgan fingerprint density at radius 1 is 1.17 bits per heavy atom. The molecule has 1 saturated heterocycles. The van der Waals surface area contributed by atoms with Crippen LogP contribution in [0.5, 0.6) is 0 Å². The lowest BCUT2D eigenvalue weighted by Gasteiger charge is -2.27. The first-order valence-electron chi connectivity index (χ1n) is 8.33. The zero-order valence-corrected chi connectivity index (χ0v) is 13.5. The number of alkyl halides is 3. The molecule has 1 fully saturated rings. The molecule has 0 saturated carbocycles. The van der Waals surface area contributed by atoms with Crippen LogP contribution >= 0.6 is 0 Å². The highest BCUT2D eigenvalue weighted by Crippen LogP contribution is 2.29. The molecule has 1 aromatic heterocycles. The standard InChI is InChI=1S/C17H22F3N3O/c18-17(19,20)14-5-6-16(21-12-14)23-8-3-7-22(9-10-23)13-15-4-1-2-11-24-15/h2,5-6,11-12,15H,1,3-4,7-10,13H2/t15-/m0/s1. The second-order valence-corrected chi connectivity index (χ2v) is 6.25. The third kappa shape index (κ3) is 4.41. The summed E-state index contributed by atoms with van der Waals surface area (Å²) in [6.07, 6.45) is 3.70. The lowest BCUT2D eigenvalue weighted by molar-refractivity contribution is -0.137. The fourth-order valence-electron chi connectivity index (χ4n) is 3.13. The predicted molar refractivity (Wildman–Crippen MR) is 85.8 cm³/mol. The summed E-state index contributed by atoms with van der Waals surface area (Å²) in [4.78, 5) is 8.43. The third-order valence-corrected chi connectivity index (χ3v) is 4.47. The molecule has 1 atom stereocenters. The van der Waals surface area contributed by atoms with Crippen molar-refractivity contribution >= 4 is 5.82 Å². The average Bonchev–Trinajstić information content (AvgIpc) is 2.81. The van der Waals surface area contributed by atoms with E-state index < -0.39 is 11.7 Å². The molecule has 0 N–H and O–H groups in total. The molecule has 2 aliphatic heterocycles. The SMILES string of the molecule is FC(F)(F)c1ccc(N2CCCN(C[C@@H]3CCC=CO3)CC2)nc1. The molecule has 0 spiro atoms. The molecule has 0 radical (unpaired) electrons. The minimum absolute atomic E-state index is 0.241. The largest absolute Gasteiger partial charge is 0.497 e.